The average Bonchev–Trinajstić information content (AvgIpc) is 3.04. The highest BCUT2D eigenvalue weighted by Crippen LogP contribution is 2.37. The van der Waals surface area contributed by atoms with E-state index >= 15 is 0 Å². The summed E-state index contributed by atoms with van der Waals surface area (Å²) in [5.74, 6) is 4.94. The molecule has 0 fully saturated rings. The molecular formula is C15H14N4O4. The number of rotatable bonds is 3. The lowest BCUT2D eigenvalue weighted by Crippen LogP contribution is -2.45. The van der Waals surface area contributed by atoms with Crippen molar-refractivity contribution in [3.05, 3.63) is 48.1 Å². The molecule has 2 heterocycles. The normalized spacial score (nSPS) is 15.3. The molecule has 23 heavy (non-hydrogen) atoms. The Morgan fingerprint density at radius 3 is 2.87 bits per heavy atom. The molecule has 1 aliphatic heterocycles. The molecule has 3 rings (SSSR count). The molecule has 0 saturated heterocycles. The largest absolute Gasteiger partial charge is 0.465 e. The third-order valence-electron chi connectivity index (χ3n) is 3.23. The van der Waals surface area contributed by atoms with Crippen molar-refractivity contribution in [1.82, 2.24) is 5.43 Å². The van der Waals surface area contributed by atoms with Crippen molar-refractivity contribution in [1.29, 1.82) is 0 Å². The van der Waals surface area contributed by atoms with Crippen LogP contribution < -0.4 is 26.6 Å². The molecule has 0 bridgehead atoms. The first-order chi connectivity index (χ1) is 11.1. The molecule has 0 radical (unpaired) electrons. The Bertz CT molecular complexity index is 783. The fourth-order valence-electron chi connectivity index (χ4n) is 2.18. The molecule has 8 nitrogen and oxygen atoms in total. The summed E-state index contributed by atoms with van der Waals surface area (Å²) in [5.41, 5.74) is 8.65. The maximum Gasteiger partial charge on any atom is 0.294 e. The molecule has 0 atom stereocenters. The number of hydrazine groups is 1. The fourth-order valence-corrected chi connectivity index (χ4v) is 2.18. The van der Waals surface area contributed by atoms with Crippen LogP contribution in [0.1, 0.15) is 5.76 Å². The molecule has 1 aromatic carbocycles. The molecule has 0 aliphatic carbocycles. The number of nitrogen functional groups attached to an aromatic ring is 1. The molecule has 8 heteroatoms. The topological polar surface area (TPSA) is 124 Å². The third kappa shape index (κ3) is 2.87. The number of anilines is 2. The van der Waals surface area contributed by atoms with E-state index in [9.17, 15) is 9.59 Å². The Morgan fingerprint density at radius 1 is 1.35 bits per heavy atom. The Morgan fingerprint density at radius 2 is 2.17 bits per heavy atom. The van der Waals surface area contributed by atoms with Gasteiger partial charge in [0.1, 0.15) is 12.3 Å². The lowest BCUT2D eigenvalue weighted by Gasteiger charge is -2.29. The first kappa shape index (κ1) is 14.7. The van der Waals surface area contributed by atoms with Crippen molar-refractivity contribution in [2.75, 3.05) is 17.2 Å². The van der Waals surface area contributed by atoms with Gasteiger partial charge in [0.25, 0.3) is 11.8 Å². The maximum absolute atomic E-state index is 12.6. The number of nitrogens with one attached hydrogen (secondary N) is 1. The van der Waals surface area contributed by atoms with Crippen LogP contribution in [0.3, 0.4) is 0 Å². The quantitative estimate of drug-likeness (QED) is 0.251. The molecular weight excluding hydrogens is 300 g/mol. The predicted octanol–water partition coefficient (Wildman–Crippen LogP) is 0.618. The van der Waals surface area contributed by atoms with Crippen molar-refractivity contribution in [2.24, 2.45) is 5.84 Å². The standard InChI is InChI=1S/C15H14N4O4/c16-9-3-4-11-12(6-9)23-13(7-10-2-1-5-22-10)15(21)19(11)8-14(20)18-17/h1-7H,8,16-17H2,(H,18,20)/b13-7+. The molecule has 1 aromatic heterocycles. The molecule has 1 aliphatic rings. The summed E-state index contributed by atoms with van der Waals surface area (Å²) in [6.07, 6.45) is 2.92. The van der Waals surface area contributed by atoms with Gasteiger partial charge in [0, 0.05) is 17.8 Å². The summed E-state index contributed by atoms with van der Waals surface area (Å²) in [6, 6.07) is 8.16. The number of furan rings is 1. The summed E-state index contributed by atoms with van der Waals surface area (Å²) < 4.78 is 10.8. The Hall–Kier alpha value is -3.26. The van der Waals surface area contributed by atoms with Gasteiger partial charge in [-0.25, -0.2) is 5.84 Å². The van der Waals surface area contributed by atoms with Crippen LogP contribution in [-0.2, 0) is 9.59 Å². The third-order valence-corrected chi connectivity index (χ3v) is 3.23. The molecule has 5 N–H and O–H groups in total. The average molecular weight is 314 g/mol. The van der Waals surface area contributed by atoms with Crippen LogP contribution in [0.15, 0.2) is 46.8 Å². The van der Waals surface area contributed by atoms with Crippen molar-refractivity contribution in [3.8, 4) is 5.75 Å². The number of nitrogens with zero attached hydrogens (tertiary/aromatic N) is 1. The van der Waals surface area contributed by atoms with Crippen molar-refractivity contribution in [3.63, 3.8) is 0 Å². The van der Waals surface area contributed by atoms with Crippen LogP contribution in [0.5, 0.6) is 5.75 Å². The van der Waals surface area contributed by atoms with Gasteiger partial charge in [-0.1, -0.05) is 0 Å². The smallest absolute Gasteiger partial charge is 0.294 e. The zero-order chi connectivity index (χ0) is 16.4. The number of nitrogens with two attached hydrogens (primary N) is 2. The Labute approximate surface area is 131 Å². The zero-order valence-electron chi connectivity index (χ0n) is 12.0. The number of hydrogen-bond donors (Lipinski definition) is 3. The Balaban J connectivity index is 2.04. The number of hydrogen-bond acceptors (Lipinski definition) is 6. The predicted molar refractivity (Wildman–Crippen MR) is 82.9 cm³/mol. The minimum absolute atomic E-state index is 0.0165. The molecule has 0 unspecified atom stereocenters. The number of amides is 2. The molecule has 0 spiro atoms. The van der Waals surface area contributed by atoms with Crippen molar-refractivity contribution in [2.45, 2.75) is 0 Å². The van der Waals surface area contributed by atoms with Crippen LogP contribution in [-0.4, -0.2) is 18.4 Å². The first-order valence-electron chi connectivity index (χ1n) is 6.72. The van der Waals surface area contributed by atoms with Gasteiger partial charge in [0.15, 0.2) is 11.5 Å². The van der Waals surface area contributed by atoms with Crippen LogP contribution in [0.2, 0.25) is 0 Å². The van der Waals surface area contributed by atoms with Gasteiger partial charge in [-0.3, -0.25) is 19.9 Å². The second kappa shape index (κ2) is 5.85. The number of carbonyl (C=O) groups excluding carboxylic acids is 2. The lowest BCUT2D eigenvalue weighted by molar-refractivity contribution is -0.123. The van der Waals surface area contributed by atoms with Crippen LogP contribution in [0, 0.1) is 0 Å². The molecule has 0 saturated carbocycles. The number of fused-ring (bicyclic) bond motifs is 1. The van der Waals surface area contributed by atoms with E-state index in [1.807, 2.05) is 5.43 Å². The minimum atomic E-state index is -0.514. The van der Waals surface area contributed by atoms with Gasteiger partial charge in [-0.15, -0.1) is 0 Å². The summed E-state index contributed by atoms with van der Waals surface area (Å²) in [7, 11) is 0. The first-order valence-corrected chi connectivity index (χ1v) is 6.72. The van der Waals surface area contributed by atoms with Gasteiger partial charge in [0.2, 0.25) is 0 Å². The Kier molecular flexibility index (Phi) is 3.73. The van der Waals surface area contributed by atoms with Gasteiger partial charge < -0.3 is 14.9 Å². The summed E-state index contributed by atoms with van der Waals surface area (Å²) in [6.45, 7) is -0.245. The van der Waals surface area contributed by atoms with Gasteiger partial charge in [-0.05, 0) is 24.3 Å². The van der Waals surface area contributed by atoms with Crippen molar-refractivity contribution < 1.29 is 18.7 Å². The molecule has 2 aromatic rings. The fraction of sp³-hybridized carbons (Fsp3) is 0.0667. The number of benzene rings is 1. The summed E-state index contributed by atoms with van der Waals surface area (Å²) in [4.78, 5) is 25.4. The van der Waals surface area contributed by atoms with Crippen molar-refractivity contribution >= 4 is 29.3 Å². The second-order valence-corrected chi connectivity index (χ2v) is 4.81. The lowest BCUT2D eigenvalue weighted by atomic mass is 10.2. The minimum Gasteiger partial charge on any atom is -0.465 e. The number of ether oxygens (including phenoxy) is 1. The van der Waals surface area contributed by atoms with Crippen LogP contribution in [0.4, 0.5) is 11.4 Å². The van der Waals surface area contributed by atoms with E-state index in [0.29, 0.717) is 22.9 Å². The zero-order valence-corrected chi connectivity index (χ0v) is 12.0. The monoisotopic (exact) mass is 314 g/mol. The van der Waals surface area contributed by atoms with Crippen LogP contribution in [0.25, 0.3) is 6.08 Å². The SMILES string of the molecule is NNC(=O)CN1C(=O)/C(=C\c2ccco2)Oc2cc(N)ccc21. The van der Waals surface area contributed by atoms with Gasteiger partial charge in [-0.2, -0.15) is 0 Å². The molecule has 2 amide bonds. The van der Waals surface area contributed by atoms with E-state index in [1.54, 1.807) is 30.3 Å². The van der Waals surface area contributed by atoms with E-state index < -0.39 is 11.8 Å². The summed E-state index contributed by atoms with van der Waals surface area (Å²) >= 11 is 0. The van der Waals surface area contributed by atoms with E-state index in [1.165, 1.54) is 17.2 Å². The highest BCUT2D eigenvalue weighted by atomic mass is 16.5. The van der Waals surface area contributed by atoms with E-state index in [4.69, 9.17) is 20.7 Å². The van der Waals surface area contributed by atoms with E-state index in [2.05, 4.69) is 0 Å². The molecule has 118 valence electrons. The highest BCUT2D eigenvalue weighted by Gasteiger charge is 2.32. The van der Waals surface area contributed by atoms with E-state index in [-0.39, 0.29) is 12.3 Å². The highest BCUT2D eigenvalue weighted by molar-refractivity contribution is 6.12. The summed E-state index contributed by atoms with van der Waals surface area (Å²) in [5, 5.41) is 0. The van der Waals surface area contributed by atoms with E-state index in [0.717, 1.165) is 0 Å². The number of carbonyl (C=O) groups is 2. The second-order valence-electron chi connectivity index (χ2n) is 4.81. The van der Waals surface area contributed by atoms with Gasteiger partial charge >= 0.3 is 0 Å². The van der Waals surface area contributed by atoms with Crippen LogP contribution >= 0.6 is 0 Å². The van der Waals surface area contributed by atoms with Gasteiger partial charge in [0.05, 0.1) is 12.0 Å². The maximum atomic E-state index is 12.6.